The zero-order chi connectivity index (χ0) is 24.2. The Morgan fingerprint density at radius 1 is 1.12 bits per heavy atom. The number of rotatable bonds is 7. The first-order valence-electron chi connectivity index (χ1n) is 11.8. The molecule has 0 saturated heterocycles. The molecule has 10 heteroatoms. The molecule has 1 saturated carbocycles. The maximum Gasteiger partial charge on any atom is 0.270 e. The Balaban J connectivity index is 1.51. The van der Waals surface area contributed by atoms with E-state index in [4.69, 9.17) is 0 Å². The van der Waals surface area contributed by atoms with Crippen molar-refractivity contribution in [3.63, 3.8) is 0 Å². The SMILES string of the molecule is CCn1nccc1C(=O)N[C@H](C(=O)Nc1cnc(-c2c(C)cnn2C)nc1)[C@H]1CC[C@H](C)CC1. The molecular weight excluding hydrogens is 432 g/mol. The summed E-state index contributed by atoms with van der Waals surface area (Å²) >= 11 is 0. The van der Waals surface area contributed by atoms with Gasteiger partial charge in [-0.1, -0.05) is 19.8 Å². The Labute approximate surface area is 199 Å². The fraction of sp³-hybridized carbons (Fsp3) is 0.500. The first-order chi connectivity index (χ1) is 16.4. The van der Waals surface area contributed by atoms with Gasteiger partial charge in [0.25, 0.3) is 5.91 Å². The van der Waals surface area contributed by atoms with Crippen molar-refractivity contribution in [1.29, 1.82) is 0 Å². The normalized spacial score (nSPS) is 18.9. The van der Waals surface area contributed by atoms with E-state index in [1.54, 1.807) is 40.2 Å². The predicted molar refractivity (Wildman–Crippen MR) is 128 cm³/mol. The average Bonchev–Trinajstić information content (AvgIpc) is 3.45. The Morgan fingerprint density at radius 2 is 1.82 bits per heavy atom. The lowest BCUT2D eigenvalue weighted by molar-refractivity contribution is -0.119. The van der Waals surface area contributed by atoms with Crippen LogP contribution in [0.5, 0.6) is 0 Å². The van der Waals surface area contributed by atoms with Crippen molar-refractivity contribution in [3.8, 4) is 11.5 Å². The van der Waals surface area contributed by atoms with Crippen LogP contribution in [0.3, 0.4) is 0 Å². The predicted octanol–water partition coefficient (Wildman–Crippen LogP) is 2.97. The molecule has 34 heavy (non-hydrogen) atoms. The van der Waals surface area contributed by atoms with E-state index < -0.39 is 6.04 Å². The minimum absolute atomic E-state index is 0.0652. The number of amides is 2. The second-order valence-electron chi connectivity index (χ2n) is 9.09. The van der Waals surface area contributed by atoms with Gasteiger partial charge in [0.15, 0.2) is 5.82 Å². The topological polar surface area (TPSA) is 120 Å². The number of aromatic nitrogens is 6. The Morgan fingerprint density at radius 3 is 2.44 bits per heavy atom. The van der Waals surface area contributed by atoms with E-state index in [0.717, 1.165) is 36.9 Å². The summed E-state index contributed by atoms with van der Waals surface area (Å²) in [6, 6.07) is 1.02. The Kier molecular flexibility index (Phi) is 7.04. The van der Waals surface area contributed by atoms with E-state index in [2.05, 4.69) is 37.7 Å². The molecule has 0 aliphatic heterocycles. The van der Waals surface area contributed by atoms with E-state index in [1.165, 1.54) is 0 Å². The van der Waals surface area contributed by atoms with Gasteiger partial charge < -0.3 is 10.6 Å². The molecule has 0 spiro atoms. The minimum Gasteiger partial charge on any atom is -0.339 e. The first-order valence-corrected chi connectivity index (χ1v) is 11.8. The number of hydrogen-bond acceptors (Lipinski definition) is 6. The highest BCUT2D eigenvalue weighted by Crippen LogP contribution is 2.31. The van der Waals surface area contributed by atoms with Crippen LogP contribution in [-0.2, 0) is 18.4 Å². The van der Waals surface area contributed by atoms with Crippen molar-refractivity contribution < 1.29 is 9.59 Å². The molecule has 4 rings (SSSR count). The van der Waals surface area contributed by atoms with Gasteiger partial charge in [-0.2, -0.15) is 10.2 Å². The van der Waals surface area contributed by atoms with Crippen LogP contribution in [0.15, 0.2) is 30.9 Å². The smallest absolute Gasteiger partial charge is 0.270 e. The fourth-order valence-corrected chi connectivity index (χ4v) is 4.61. The van der Waals surface area contributed by atoms with Gasteiger partial charge in [0.1, 0.15) is 17.4 Å². The molecule has 10 nitrogen and oxygen atoms in total. The molecule has 1 aliphatic rings. The molecule has 3 aromatic rings. The molecule has 1 fully saturated rings. The summed E-state index contributed by atoms with van der Waals surface area (Å²) in [6.45, 7) is 6.68. The number of hydrogen-bond donors (Lipinski definition) is 2. The number of anilines is 1. The van der Waals surface area contributed by atoms with Crippen LogP contribution in [0.25, 0.3) is 11.5 Å². The van der Waals surface area contributed by atoms with Gasteiger partial charge in [0, 0.05) is 19.8 Å². The molecule has 0 aromatic carbocycles. The Hall–Kier alpha value is -3.56. The van der Waals surface area contributed by atoms with E-state index >= 15 is 0 Å². The summed E-state index contributed by atoms with van der Waals surface area (Å²) in [4.78, 5) is 35.2. The van der Waals surface area contributed by atoms with Crippen molar-refractivity contribution in [1.82, 2.24) is 34.8 Å². The second-order valence-corrected chi connectivity index (χ2v) is 9.09. The molecule has 0 radical (unpaired) electrons. The van der Waals surface area contributed by atoms with Crippen molar-refractivity contribution in [3.05, 3.63) is 42.1 Å². The zero-order valence-electron chi connectivity index (χ0n) is 20.2. The molecule has 180 valence electrons. The van der Waals surface area contributed by atoms with Gasteiger partial charge in [-0.3, -0.25) is 19.0 Å². The lowest BCUT2D eigenvalue weighted by Gasteiger charge is -2.32. The van der Waals surface area contributed by atoms with E-state index in [-0.39, 0.29) is 17.7 Å². The van der Waals surface area contributed by atoms with Crippen LogP contribution < -0.4 is 10.6 Å². The van der Waals surface area contributed by atoms with Crippen molar-refractivity contribution >= 4 is 17.5 Å². The monoisotopic (exact) mass is 464 g/mol. The molecule has 2 amide bonds. The third-order valence-electron chi connectivity index (χ3n) is 6.60. The molecule has 1 atom stereocenters. The van der Waals surface area contributed by atoms with Gasteiger partial charge in [-0.15, -0.1) is 0 Å². The lowest BCUT2D eigenvalue weighted by Crippen LogP contribution is -2.49. The molecule has 0 unspecified atom stereocenters. The summed E-state index contributed by atoms with van der Waals surface area (Å²) in [6.07, 6.45) is 10.4. The summed E-state index contributed by atoms with van der Waals surface area (Å²) in [5.74, 6) is 0.679. The summed E-state index contributed by atoms with van der Waals surface area (Å²) in [5, 5.41) is 14.3. The summed E-state index contributed by atoms with van der Waals surface area (Å²) < 4.78 is 3.35. The number of nitrogens with one attached hydrogen (secondary N) is 2. The van der Waals surface area contributed by atoms with Crippen LogP contribution >= 0.6 is 0 Å². The highest BCUT2D eigenvalue weighted by Gasteiger charge is 2.33. The van der Waals surface area contributed by atoms with E-state index in [0.29, 0.717) is 29.7 Å². The lowest BCUT2D eigenvalue weighted by atomic mass is 9.79. The van der Waals surface area contributed by atoms with Gasteiger partial charge in [0.05, 0.1) is 24.3 Å². The second kappa shape index (κ2) is 10.1. The number of aryl methyl sites for hydroxylation is 3. The highest BCUT2D eigenvalue weighted by atomic mass is 16.2. The van der Waals surface area contributed by atoms with Crippen molar-refractivity contribution in [2.24, 2.45) is 18.9 Å². The largest absolute Gasteiger partial charge is 0.339 e. The van der Waals surface area contributed by atoms with E-state index in [9.17, 15) is 9.59 Å². The number of carbonyl (C=O) groups is 2. The van der Waals surface area contributed by atoms with Crippen LogP contribution in [0.4, 0.5) is 5.69 Å². The maximum absolute atomic E-state index is 13.4. The van der Waals surface area contributed by atoms with Crippen LogP contribution in [0.2, 0.25) is 0 Å². The third kappa shape index (κ3) is 5.00. The van der Waals surface area contributed by atoms with Crippen LogP contribution in [-0.4, -0.2) is 47.4 Å². The average molecular weight is 465 g/mol. The van der Waals surface area contributed by atoms with Gasteiger partial charge in [0.2, 0.25) is 5.91 Å². The summed E-state index contributed by atoms with van der Waals surface area (Å²) in [5.41, 5.74) is 2.73. The maximum atomic E-state index is 13.4. The van der Waals surface area contributed by atoms with E-state index in [1.807, 2.05) is 20.9 Å². The quantitative estimate of drug-likeness (QED) is 0.555. The molecule has 3 heterocycles. The molecule has 3 aromatic heterocycles. The van der Waals surface area contributed by atoms with Crippen LogP contribution in [0, 0.1) is 18.8 Å². The number of nitrogens with zero attached hydrogens (tertiary/aromatic N) is 6. The highest BCUT2D eigenvalue weighted by molar-refractivity contribution is 6.00. The molecule has 1 aliphatic carbocycles. The minimum atomic E-state index is -0.654. The van der Waals surface area contributed by atoms with Crippen molar-refractivity contribution in [2.45, 2.75) is 59.0 Å². The summed E-state index contributed by atoms with van der Waals surface area (Å²) in [7, 11) is 1.84. The number of carbonyl (C=O) groups excluding carboxylic acids is 2. The molecule has 0 bridgehead atoms. The zero-order valence-corrected chi connectivity index (χ0v) is 20.2. The van der Waals surface area contributed by atoms with Gasteiger partial charge in [-0.25, -0.2) is 9.97 Å². The fourth-order valence-electron chi connectivity index (χ4n) is 4.61. The first kappa shape index (κ1) is 23.6. The standard InChI is InChI=1S/C24H32N8O2/c1-5-32-19(10-11-27-32)23(33)30-20(17-8-6-15(2)7-9-17)24(34)29-18-13-25-22(26-14-18)21-16(3)12-28-31(21)4/h10-15,17,20H,5-9H2,1-4H3,(H,29,34)(H,30,33)/t15-,17-,20-/m0/s1. The van der Waals surface area contributed by atoms with Gasteiger partial charge >= 0.3 is 0 Å². The van der Waals surface area contributed by atoms with Gasteiger partial charge in [-0.05, 0) is 50.2 Å². The van der Waals surface area contributed by atoms with Crippen LogP contribution in [0.1, 0.15) is 55.6 Å². The van der Waals surface area contributed by atoms with Crippen molar-refractivity contribution in [2.75, 3.05) is 5.32 Å². The molecular formula is C24H32N8O2. The third-order valence-corrected chi connectivity index (χ3v) is 6.60. The molecule has 2 N–H and O–H groups in total. The Bertz CT molecular complexity index is 1120.